The molecular formula is C16H25NO3. The third-order valence-electron chi connectivity index (χ3n) is 3.55. The van der Waals surface area contributed by atoms with Gasteiger partial charge in [-0.2, -0.15) is 0 Å². The van der Waals surface area contributed by atoms with Gasteiger partial charge in [-0.3, -0.25) is 0 Å². The summed E-state index contributed by atoms with van der Waals surface area (Å²) in [7, 11) is 0. The first kappa shape index (κ1) is 15.1. The third-order valence-corrected chi connectivity index (χ3v) is 3.55. The maximum Gasteiger partial charge on any atom is 0.165 e. The maximum absolute atomic E-state index is 9.50. The van der Waals surface area contributed by atoms with Gasteiger partial charge in [-0.05, 0) is 33.4 Å². The van der Waals surface area contributed by atoms with E-state index in [1.165, 1.54) is 5.56 Å². The van der Waals surface area contributed by atoms with E-state index in [-0.39, 0.29) is 12.2 Å². The van der Waals surface area contributed by atoms with Crippen molar-refractivity contribution in [2.24, 2.45) is 0 Å². The van der Waals surface area contributed by atoms with E-state index in [0.717, 1.165) is 24.5 Å². The molecule has 4 heteroatoms. The Hall–Kier alpha value is -1.26. The van der Waals surface area contributed by atoms with Crippen molar-refractivity contribution in [2.75, 3.05) is 19.8 Å². The van der Waals surface area contributed by atoms with Crippen molar-refractivity contribution < 1.29 is 14.6 Å². The van der Waals surface area contributed by atoms with Crippen LogP contribution in [0.3, 0.4) is 0 Å². The van der Waals surface area contributed by atoms with Gasteiger partial charge in [-0.1, -0.05) is 19.1 Å². The first-order valence-corrected chi connectivity index (χ1v) is 7.19. The molecule has 20 heavy (non-hydrogen) atoms. The molecule has 0 amide bonds. The lowest BCUT2D eigenvalue weighted by Gasteiger charge is -2.28. The van der Waals surface area contributed by atoms with Gasteiger partial charge in [0.1, 0.15) is 12.2 Å². The number of aliphatic hydroxyl groups excluding tert-OH is 1. The molecule has 0 saturated heterocycles. The number of likely N-dealkylation sites (N-methyl/N-ethyl adjacent to an activating group) is 1. The van der Waals surface area contributed by atoms with Crippen molar-refractivity contribution in [3.8, 4) is 11.5 Å². The van der Waals surface area contributed by atoms with Gasteiger partial charge in [-0.25, -0.2) is 0 Å². The van der Waals surface area contributed by atoms with Crippen molar-refractivity contribution in [3.05, 3.63) is 23.8 Å². The number of hydrogen-bond donors (Lipinski definition) is 2. The van der Waals surface area contributed by atoms with Gasteiger partial charge in [0.05, 0.1) is 12.1 Å². The molecule has 2 N–H and O–H groups in total. The number of benzene rings is 1. The highest BCUT2D eigenvalue weighted by Gasteiger charge is 2.33. The standard InChI is InChI=1S/C16H25NO3/c1-5-17-16(4,10-18)11-19-13-8-6-7-12-9-15(2,3)20-14(12)13/h6-8,17-18H,5,9-11H2,1-4H3. The average molecular weight is 279 g/mol. The Bertz CT molecular complexity index is 473. The van der Waals surface area contributed by atoms with E-state index in [4.69, 9.17) is 9.47 Å². The molecular weight excluding hydrogens is 254 g/mol. The molecule has 0 fully saturated rings. The van der Waals surface area contributed by atoms with Crippen LogP contribution in [0.2, 0.25) is 0 Å². The fourth-order valence-corrected chi connectivity index (χ4v) is 2.52. The Kier molecular flexibility index (Phi) is 4.25. The summed E-state index contributed by atoms with van der Waals surface area (Å²) < 4.78 is 11.9. The number of para-hydroxylation sites is 1. The number of hydrogen-bond acceptors (Lipinski definition) is 4. The molecule has 0 aromatic heterocycles. The first-order chi connectivity index (χ1) is 9.39. The van der Waals surface area contributed by atoms with E-state index in [1.807, 2.05) is 26.0 Å². The van der Waals surface area contributed by atoms with E-state index >= 15 is 0 Å². The monoisotopic (exact) mass is 279 g/mol. The fourth-order valence-electron chi connectivity index (χ4n) is 2.52. The minimum atomic E-state index is -0.439. The normalized spacial score (nSPS) is 19.1. The summed E-state index contributed by atoms with van der Waals surface area (Å²) in [6, 6.07) is 5.99. The largest absolute Gasteiger partial charge is 0.488 e. The molecule has 0 saturated carbocycles. The Labute approximate surface area is 121 Å². The maximum atomic E-state index is 9.50. The van der Waals surface area contributed by atoms with Gasteiger partial charge in [0.15, 0.2) is 11.5 Å². The molecule has 1 aliphatic heterocycles. The Morgan fingerprint density at radius 2 is 2.20 bits per heavy atom. The van der Waals surface area contributed by atoms with Crippen LogP contribution in [0.4, 0.5) is 0 Å². The van der Waals surface area contributed by atoms with E-state index < -0.39 is 5.54 Å². The molecule has 112 valence electrons. The topological polar surface area (TPSA) is 50.7 Å². The second-order valence-electron chi connectivity index (χ2n) is 6.32. The van der Waals surface area contributed by atoms with Crippen LogP contribution in [0.25, 0.3) is 0 Å². The molecule has 1 unspecified atom stereocenters. The highest BCUT2D eigenvalue weighted by molar-refractivity contribution is 5.50. The number of aliphatic hydroxyl groups is 1. The first-order valence-electron chi connectivity index (χ1n) is 7.19. The van der Waals surface area contributed by atoms with E-state index in [9.17, 15) is 5.11 Å². The highest BCUT2D eigenvalue weighted by atomic mass is 16.5. The van der Waals surface area contributed by atoms with Crippen molar-refractivity contribution in [1.29, 1.82) is 0 Å². The minimum absolute atomic E-state index is 0.0300. The van der Waals surface area contributed by atoms with Crippen LogP contribution in [0.1, 0.15) is 33.3 Å². The zero-order valence-electron chi connectivity index (χ0n) is 12.8. The van der Waals surface area contributed by atoms with Crippen molar-refractivity contribution in [3.63, 3.8) is 0 Å². The van der Waals surface area contributed by atoms with Gasteiger partial charge in [0.2, 0.25) is 0 Å². The lowest BCUT2D eigenvalue weighted by molar-refractivity contribution is 0.105. The van der Waals surface area contributed by atoms with Crippen LogP contribution < -0.4 is 14.8 Å². The summed E-state index contributed by atoms with van der Waals surface area (Å²) in [6.45, 7) is 9.33. The molecule has 0 bridgehead atoms. The van der Waals surface area contributed by atoms with Gasteiger partial charge in [0.25, 0.3) is 0 Å². The Morgan fingerprint density at radius 3 is 2.85 bits per heavy atom. The second kappa shape index (κ2) is 5.62. The van der Waals surface area contributed by atoms with Gasteiger partial charge in [-0.15, -0.1) is 0 Å². The molecule has 1 aromatic rings. The zero-order chi connectivity index (χ0) is 14.8. The predicted molar refractivity (Wildman–Crippen MR) is 79.5 cm³/mol. The van der Waals surface area contributed by atoms with Crippen molar-refractivity contribution >= 4 is 0 Å². The van der Waals surface area contributed by atoms with Crippen molar-refractivity contribution in [2.45, 2.75) is 45.3 Å². The summed E-state index contributed by atoms with van der Waals surface area (Å²) in [4.78, 5) is 0. The average Bonchev–Trinajstić information content (AvgIpc) is 2.71. The molecule has 1 aromatic carbocycles. The van der Waals surface area contributed by atoms with Crippen LogP contribution in [0.15, 0.2) is 18.2 Å². The number of rotatable bonds is 6. The molecule has 0 aliphatic carbocycles. The van der Waals surface area contributed by atoms with Crippen LogP contribution in [0.5, 0.6) is 11.5 Å². The van der Waals surface area contributed by atoms with E-state index in [1.54, 1.807) is 0 Å². The number of fused-ring (bicyclic) bond motifs is 1. The Balaban J connectivity index is 2.11. The van der Waals surface area contributed by atoms with Crippen molar-refractivity contribution in [1.82, 2.24) is 5.32 Å². The van der Waals surface area contributed by atoms with Gasteiger partial charge in [0, 0.05) is 12.0 Å². The molecule has 0 radical (unpaired) electrons. The van der Waals surface area contributed by atoms with Gasteiger partial charge < -0.3 is 19.9 Å². The lowest BCUT2D eigenvalue weighted by Crippen LogP contribution is -2.50. The number of ether oxygens (including phenoxy) is 2. The van der Waals surface area contributed by atoms with E-state index in [0.29, 0.717) is 6.61 Å². The third kappa shape index (κ3) is 3.25. The summed E-state index contributed by atoms with van der Waals surface area (Å²) in [5.41, 5.74) is 0.566. The summed E-state index contributed by atoms with van der Waals surface area (Å²) in [5, 5.41) is 12.7. The summed E-state index contributed by atoms with van der Waals surface area (Å²) in [5.74, 6) is 1.60. The van der Waals surface area contributed by atoms with E-state index in [2.05, 4.69) is 25.2 Å². The predicted octanol–water partition coefficient (Wildman–Crippen LogP) is 2.14. The smallest absolute Gasteiger partial charge is 0.165 e. The molecule has 1 atom stereocenters. The Morgan fingerprint density at radius 1 is 1.45 bits per heavy atom. The van der Waals surface area contributed by atoms with Crippen LogP contribution in [-0.2, 0) is 6.42 Å². The molecule has 2 rings (SSSR count). The lowest BCUT2D eigenvalue weighted by atomic mass is 10.0. The highest BCUT2D eigenvalue weighted by Crippen LogP contribution is 2.41. The molecule has 1 aliphatic rings. The van der Waals surface area contributed by atoms with Crippen LogP contribution in [0, 0.1) is 0 Å². The zero-order valence-corrected chi connectivity index (χ0v) is 12.8. The molecule has 0 spiro atoms. The minimum Gasteiger partial charge on any atom is -0.488 e. The molecule has 1 heterocycles. The summed E-state index contributed by atoms with van der Waals surface area (Å²) in [6.07, 6.45) is 0.893. The molecule has 4 nitrogen and oxygen atoms in total. The van der Waals surface area contributed by atoms with Crippen LogP contribution in [-0.4, -0.2) is 36.0 Å². The summed E-state index contributed by atoms with van der Waals surface area (Å²) >= 11 is 0. The SMILES string of the molecule is CCNC(C)(CO)COc1cccc2c1OC(C)(C)C2. The number of nitrogens with one attached hydrogen (secondary N) is 1. The van der Waals surface area contributed by atoms with Crippen LogP contribution >= 0.6 is 0 Å². The second-order valence-corrected chi connectivity index (χ2v) is 6.32. The quantitative estimate of drug-likeness (QED) is 0.837. The fraction of sp³-hybridized carbons (Fsp3) is 0.625. The van der Waals surface area contributed by atoms with Gasteiger partial charge >= 0.3 is 0 Å².